The molecule has 0 N–H and O–H groups in total. The van der Waals surface area contributed by atoms with Crippen molar-refractivity contribution in [2.45, 2.75) is 5.66 Å². The average molecular weight is 248 g/mol. The van der Waals surface area contributed by atoms with E-state index in [1.54, 1.807) is 19.0 Å². The standard InChI is InChI=1S/C13H17N2OP/c1-14(2)13(16)12(17)10-8-15(3)11-7-5-4-6-9(10)11/h4-8,12H,17H2,1-3H3/t12-/m1/s1. The van der Waals surface area contributed by atoms with E-state index < -0.39 is 0 Å². The first-order valence-electron chi connectivity index (χ1n) is 5.53. The number of hydrogen-bond donors (Lipinski definition) is 0. The molecule has 2 rings (SSSR count). The number of aromatic nitrogens is 1. The van der Waals surface area contributed by atoms with Crippen molar-refractivity contribution in [3.05, 3.63) is 36.0 Å². The molecule has 1 unspecified atom stereocenters. The molecule has 4 heteroatoms. The summed E-state index contributed by atoms with van der Waals surface area (Å²) in [6.45, 7) is 0. The van der Waals surface area contributed by atoms with E-state index in [9.17, 15) is 4.79 Å². The van der Waals surface area contributed by atoms with Crippen molar-refractivity contribution in [2.75, 3.05) is 14.1 Å². The van der Waals surface area contributed by atoms with Crippen LogP contribution in [0.5, 0.6) is 0 Å². The van der Waals surface area contributed by atoms with E-state index in [1.165, 1.54) is 0 Å². The molecule has 0 spiro atoms. The van der Waals surface area contributed by atoms with Crippen molar-refractivity contribution in [1.82, 2.24) is 9.47 Å². The normalized spacial score (nSPS) is 12.7. The van der Waals surface area contributed by atoms with Crippen molar-refractivity contribution in [3.8, 4) is 0 Å². The summed E-state index contributed by atoms with van der Waals surface area (Å²) in [6, 6.07) is 8.14. The van der Waals surface area contributed by atoms with E-state index in [-0.39, 0.29) is 11.6 Å². The lowest BCUT2D eigenvalue weighted by Gasteiger charge is -2.16. The van der Waals surface area contributed by atoms with Crippen LogP contribution in [0.15, 0.2) is 30.5 Å². The van der Waals surface area contributed by atoms with Crippen LogP contribution < -0.4 is 0 Å². The number of amides is 1. The van der Waals surface area contributed by atoms with Crippen LogP contribution in [-0.4, -0.2) is 29.5 Å². The van der Waals surface area contributed by atoms with Crippen LogP contribution >= 0.6 is 9.24 Å². The second-order valence-corrected chi connectivity index (χ2v) is 5.09. The van der Waals surface area contributed by atoms with Crippen molar-refractivity contribution >= 4 is 26.0 Å². The second kappa shape index (κ2) is 4.50. The summed E-state index contributed by atoms with van der Waals surface area (Å²) >= 11 is 0. The van der Waals surface area contributed by atoms with Crippen molar-refractivity contribution in [1.29, 1.82) is 0 Å². The molecule has 0 aliphatic rings. The average Bonchev–Trinajstić information content (AvgIpc) is 2.65. The lowest BCUT2D eigenvalue weighted by molar-refractivity contribution is -0.128. The molecule has 2 aromatic rings. The molecular weight excluding hydrogens is 231 g/mol. The Balaban J connectivity index is 2.53. The van der Waals surface area contributed by atoms with Gasteiger partial charge >= 0.3 is 0 Å². The van der Waals surface area contributed by atoms with Crippen LogP contribution in [0, 0.1) is 0 Å². The summed E-state index contributed by atoms with van der Waals surface area (Å²) in [5, 5.41) is 1.14. The summed E-state index contributed by atoms with van der Waals surface area (Å²) in [6.07, 6.45) is 2.03. The fourth-order valence-electron chi connectivity index (χ4n) is 2.03. The van der Waals surface area contributed by atoms with Gasteiger partial charge in [0.05, 0.1) is 5.66 Å². The first-order chi connectivity index (χ1) is 8.02. The Bertz CT molecular complexity index is 560. The van der Waals surface area contributed by atoms with Gasteiger partial charge in [-0.15, -0.1) is 9.24 Å². The topological polar surface area (TPSA) is 25.2 Å². The monoisotopic (exact) mass is 248 g/mol. The van der Waals surface area contributed by atoms with Gasteiger partial charge in [0.2, 0.25) is 5.91 Å². The number of nitrogens with zero attached hydrogens (tertiary/aromatic N) is 2. The second-order valence-electron chi connectivity index (χ2n) is 4.42. The lowest BCUT2D eigenvalue weighted by atomic mass is 10.1. The van der Waals surface area contributed by atoms with Crippen LogP contribution in [0.25, 0.3) is 10.9 Å². The number of para-hydroxylation sites is 1. The highest BCUT2D eigenvalue weighted by Crippen LogP contribution is 2.32. The molecule has 1 aromatic heterocycles. The third kappa shape index (κ3) is 2.07. The van der Waals surface area contributed by atoms with Crippen LogP contribution in [0.3, 0.4) is 0 Å². The molecule has 0 saturated heterocycles. The van der Waals surface area contributed by atoms with Gasteiger partial charge in [0.25, 0.3) is 0 Å². The number of carbonyl (C=O) groups is 1. The van der Waals surface area contributed by atoms with Gasteiger partial charge in [-0.1, -0.05) is 18.2 Å². The highest BCUT2D eigenvalue weighted by Gasteiger charge is 2.20. The Labute approximate surface area is 104 Å². The summed E-state index contributed by atoms with van der Waals surface area (Å²) in [4.78, 5) is 13.6. The molecule has 0 bridgehead atoms. The molecule has 90 valence electrons. The van der Waals surface area contributed by atoms with E-state index >= 15 is 0 Å². The largest absolute Gasteiger partial charge is 0.350 e. The Kier molecular flexibility index (Phi) is 3.21. The Morgan fingerprint density at radius 1 is 1.35 bits per heavy atom. The van der Waals surface area contributed by atoms with Gasteiger partial charge < -0.3 is 9.47 Å². The number of rotatable bonds is 2. The predicted octanol–water partition coefficient (Wildman–Crippen LogP) is 2.18. The smallest absolute Gasteiger partial charge is 0.233 e. The molecule has 0 saturated carbocycles. The van der Waals surface area contributed by atoms with Crippen molar-refractivity contribution in [3.63, 3.8) is 0 Å². The van der Waals surface area contributed by atoms with Crippen LogP contribution in [0.4, 0.5) is 0 Å². The maximum absolute atomic E-state index is 12.0. The maximum atomic E-state index is 12.0. The fraction of sp³-hybridized carbons (Fsp3) is 0.308. The molecule has 0 fully saturated rings. The minimum Gasteiger partial charge on any atom is -0.350 e. The first kappa shape index (κ1) is 12.1. The minimum atomic E-state index is -0.184. The van der Waals surface area contributed by atoms with Gasteiger partial charge in [-0.3, -0.25) is 4.79 Å². The number of hydrogen-bond acceptors (Lipinski definition) is 1. The molecule has 3 nitrogen and oxygen atoms in total. The number of carbonyl (C=O) groups excluding carboxylic acids is 1. The number of benzene rings is 1. The highest BCUT2D eigenvalue weighted by molar-refractivity contribution is 7.19. The zero-order valence-corrected chi connectivity index (χ0v) is 11.5. The van der Waals surface area contributed by atoms with Gasteiger partial charge in [0.1, 0.15) is 0 Å². The molecule has 2 atom stereocenters. The third-order valence-corrected chi connectivity index (χ3v) is 3.61. The van der Waals surface area contributed by atoms with Gasteiger partial charge in [-0.05, 0) is 11.6 Å². The van der Waals surface area contributed by atoms with Crippen LogP contribution in [-0.2, 0) is 11.8 Å². The van der Waals surface area contributed by atoms with Crippen molar-refractivity contribution < 1.29 is 4.79 Å². The first-order valence-corrected chi connectivity index (χ1v) is 6.19. The predicted molar refractivity (Wildman–Crippen MR) is 74.1 cm³/mol. The maximum Gasteiger partial charge on any atom is 0.233 e. The molecule has 1 heterocycles. The Morgan fingerprint density at radius 2 is 2.00 bits per heavy atom. The highest BCUT2D eigenvalue weighted by atomic mass is 31.0. The fourth-order valence-corrected chi connectivity index (χ4v) is 2.60. The molecular formula is C13H17N2OP. The Hall–Kier alpha value is -1.34. The molecule has 1 aromatic carbocycles. The van der Waals surface area contributed by atoms with E-state index in [2.05, 4.69) is 25.9 Å². The van der Waals surface area contributed by atoms with Gasteiger partial charge in [-0.25, -0.2) is 0 Å². The number of likely N-dealkylation sites (N-methyl/N-ethyl adjacent to an activating group) is 1. The third-order valence-electron chi connectivity index (χ3n) is 2.97. The van der Waals surface area contributed by atoms with Crippen LogP contribution in [0.2, 0.25) is 0 Å². The zero-order valence-electron chi connectivity index (χ0n) is 10.3. The number of fused-ring (bicyclic) bond motifs is 1. The summed E-state index contributed by atoms with van der Waals surface area (Å²) in [5.41, 5.74) is 2.03. The SMILES string of the molecule is CN(C)C(=O)[C@H](P)c1cn(C)c2ccccc12. The van der Waals surface area contributed by atoms with Gasteiger partial charge in [0, 0.05) is 38.2 Å². The molecule has 0 radical (unpaired) electrons. The summed E-state index contributed by atoms with van der Waals surface area (Å²) in [5.74, 6) is 0.103. The Morgan fingerprint density at radius 3 is 2.65 bits per heavy atom. The van der Waals surface area contributed by atoms with E-state index in [0.717, 1.165) is 16.5 Å². The zero-order chi connectivity index (χ0) is 12.6. The molecule has 0 aliphatic heterocycles. The molecule has 17 heavy (non-hydrogen) atoms. The quantitative estimate of drug-likeness (QED) is 0.748. The summed E-state index contributed by atoms with van der Waals surface area (Å²) in [7, 11) is 8.21. The van der Waals surface area contributed by atoms with Crippen LogP contribution in [0.1, 0.15) is 11.2 Å². The van der Waals surface area contributed by atoms with E-state index in [1.807, 2.05) is 25.4 Å². The number of aryl methyl sites for hydroxylation is 1. The van der Waals surface area contributed by atoms with Crippen molar-refractivity contribution in [2.24, 2.45) is 7.05 Å². The van der Waals surface area contributed by atoms with E-state index in [4.69, 9.17) is 0 Å². The lowest BCUT2D eigenvalue weighted by Crippen LogP contribution is -2.25. The van der Waals surface area contributed by atoms with Gasteiger partial charge in [0.15, 0.2) is 0 Å². The molecule has 1 amide bonds. The van der Waals surface area contributed by atoms with E-state index in [0.29, 0.717) is 0 Å². The molecule has 0 aliphatic carbocycles. The minimum absolute atomic E-state index is 0.103. The summed E-state index contributed by atoms with van der Waals surface area (Å²) < 4.78 is 2.06. The van der Waals surface area contributed by atoms with Gasteiger partial charge in [-0.2, -0.15) is 0 Å².